The molecule has 2 rings (SSSR count). The Morgan fingerprint density at radius 1 is 1.55 bits per heavy atom. The van der Waals surface area contributed by atoms with E-state index in [4.69, 9.17) is 4.74 Å². The van der Waals surface area contributed by atoms with Crippen molar-refractivity contribution in [2.45, 2.75) is 12.6 Å². The van der Waals surface area contributed by atoms with Crippen molar-refractivity contribution in [3.05, 3.63) is 24.0 Å². The molecule has 2 atom stereocenters. The second kappa shape index (κ2) is 6.88. The molecule has 1 saturated heterocycles. The highest BCUT2D eigenvalue weighted by molar-refractivity contribution is 5.77. The molecule has 0 radical (unpaired) electrons. The lowest BCUT2D eigenvalue weighted by Crippen LogP contribution is -2.43. The quantitative estimate of drug-likeness (QED) is 0.743. The number of rotatable bonds is 6. The Morgan fingerprint density at radius 2 is 2.35 bits per heavy atom. The number of aliphatic hydroxyl groups is 1. The Hall–Kier alpha value is -1.37. The second-order valence-electron chi connectivity index (χ2n) is 5.35. The van der Waals surface area contributed by atoms with Crippen LogP contribution in [0.15, 0.2) is 18.3 Å². The predicted molar refractivity (Wildman–Crippen MR) is 75.1 cm³/mol. The Balaban J connectivity index is 1.92. The summed E-state index contributed by atoms with van der Waals surface area (Å²) >= 11 is 0. The zero-order chi connectivity index (χ0) is 14.5. The van der Waals surface area contributed by atoms with E-state index in [9.17, 15) is 9.90 Å². The number of hydrogen-bond donors (Lipinski definition) is 2. The lowest BCUT2D eigenvalue weighted by Gasteiger charge is -2.18. The molecular formula is C14H23N3O3. The fourth-order valence-electron chi connectivity index (χ4n) is 2.71. The van der Waals surface area contributed by atoms with Crippen LogP contribution in [0.2, 0.25) is 0 Å². The Labute approximate surface area is 119 Å². The summed E-state index contributed by atoms with van der Waals surface area (Å²) in [5.41, 5.74) is 1.23. The number of amides is 1. The van der Waals surface area contributed by atoms with Gasteiger partial charge in [-0.3, -0.25) is 9.69 Å². The maximum Gasteiger partial charge on any atom is 0.246 e. The topological polar surface area (TPSA) is 66.7 Å². The molecule has 2 N–H and O–H groups in total. The predicted octanol–water partition coefficient (Wildman–Crippen LogP) is -0.420. The molecule has 2 heterocycles. The van der Waals surface area contributed by atoms with Crippen LogP contribution in [0, 0.1) is 5.92 Å². The molecule has 20 heavy (non-hydrogen) atoms. The second-order valence-corrected chi connectivity index (χ2v) is 5.35. The molecule has 6 heteroatoms. The molecule has 112 valence electrons. The van der Waals surface area contributed by atoms with Crippen molar-refractivity contribution < 1.29 is 14.6 Å². The maximum atomic E-state index is 11.6. The number of carbonyl (C=O) groups excluding carboxylic acids is 1. The molecule has 1 aliphatic rings. The van der Waals surface area contributed by atoms with E-state index in [1.807, 2.05) is 19.3 Å². The van der Waals surface area contributed by atoms with Crippen LogP contribution in [0.25, 0.3) is 0 Å². The SMILES string of the molecule is COCC(=O)N[C@@H]1CN(Cc2cccn2C)C[C@H]1CO. The Kier molecular flexibility index (Phi) is 5.17. The average Bonchev–Trinajstić information content (AvgIpc) is 2.97. The number of aryl methyl sites for hydroxylation is 1. The van der Waals surface area contributed by atoms with Crippen LogP contribution >= 0.6 is 0 Å². The Bertz CT molecular complexity index is 447. The van der Waals surface area contributed by atoms with Crippen LogP contribution in [0.4, 0.5) is 0 Å². The first-order chi connectivity index (χ1) is 9.63. The molecule has 0 saturated carbocycles. The van der Waals surface area contributed by atoms with E-state index in [-0.39, 0.29) is 31.1 Å². The monoisotopic (exact) mass is 281 g/mol. The first kappa shape index (κ1) is 15.0. The number of ether oxygens (including phenoxy) is 1. The number of hydrogen-bond acceptors (Lipinski definition) is 4. The average molecular weight is 281 g/mol. The minimum absolute atomic E-state index is 0.0112. The van der Waals surface area contributed by atoms with Crippen molar-refractivity contribution in [3.8, 4) is 0 Å². The summed E-state index contributed by atoms with van der Waals surface area (Å²) in [5, 5.41) is 12.4. The van der Waals surface area contributed by atoms with Gasteiger partial charge in [-0.15, -0.1) is 0 Å². The molecule has 6 nitrogen and oxygen atoms in total. The highest BCUT2D eigenvalue weighted by Gasteiger charge is 2.33. The molecule has 0 spiro atoms. The van der Waals surface area contributed by atoms with Crippen LogP contribution in [-0.2, 0) is 23.1 Å². The highest BCUT2D eigenvalue weighted by Crippen LogP contribution is 2.19. The van der Waals surface area contributed by atoms with E-state index in [0.29, 0.717) is 0 Å². The van der Waals surface area contributed by atoms with E-state index in [0.717, 1.165) is 19.6 Å². The summed E-state index contributed by atoms with van der Waals surface area (Å²) in [7, 11) is 3.52. The van der Waals surface area contributed by atoms with E-state index in [1.165, 1.54) is 12.8 Å². The van der Waals surface area contributed by atoms with Crippen LogP contribution in [-0.4, -0.2) is 59.9 Å². The zero-order valence-electron chi connectivity index (χ0n) is 12.1. The van der Waals surface area contributed by atoms with Crippen molar-refractivity contribution >= 4 is 5.91 Å². The van der Waals surface area contributed by atoms with E-state index < -0.39 is 0 Å². The molecule has 0 bridgehead atoms. The molecule has 1 fully saturated rings. The molecule has 0 aromatic carbocycles. The summed E-state index contributed by atoms with van der Waals surface area (Å²) in [4.78, 5) is 13.9. The first-order valence-electron chi connectivity index (χ1n) is 6.85. The summed E-state index contributed by atoms with van der Waals surface area (Å²) < 4.78 is 6.91. The number of methoxy groups -OCH3 is 1. The van der Waals surface area contributed by atoms with Gasteiger partial charge in [0.15, 0.2) is 0 Å². The number of carbonyl (C=O) groups is 1. The van der Waals surface area contributed by atoms with Gasteiger partial charge in [-0.1, -0.05) is 0 Å². The van der Waals surface area contributed by atoms with E-state index in [1.54, 1.807) is 0 Å². The van der Waals surface area contributed by atoms with Gasteiger partial charge in [0.1, 0.15) is 6.61 Å². The van der Waals surface area contributed by atoms with Gasteiger partial charge >= 0.3 is 0 Å². The third-order valence-electron chi connectivity index (χ3n) is 3.81. The summed E-state index contributed by atoms with van der Waals surface area (Å²) in [6.07, 6.45) is 2.02. The fraction of sp³-hybridized carbons (Fsp3) is 0.643. The van der Waals surface area contributed by atoms with Gasteiger partial charge in [0.25, 0.3) is 0 Å². The molecule has 0 unspecified atom stereocenters. The number of aliphatic hydroxyl groups excluding tert-OH is 1. The number of aromatic nitrogens is 1. The van der Waals surface area contributed by atoms with Gasteiger partial charge < -0.3 is 19.7 Å². The zero-order valence-corrected chi connectivity index (χ0v) is 12.1. The van der Waals surface area contributed by atoms with Gasteiger partial charge in [-0.05, 0) is 12.1 Å². The van der Waals surface area contributed by atoms with Crippen molar-refractivity contribution in [2.24, 2.45) is 13.0 Å². The lowest BCUT2D eigenvalue weighted by molar-refractivity contribution is -0.125. The van der Waals surface area contributed by atoms with Gasteiger partial charge in [0.05, 0.1) is 0 Å². The third kappa shape index (κ3) is 3.59. The summed E-state index contributed by atoms with van der Waals surface area (Å²) in [6.45, 7) is 2.52. The van der Waals surface area contributed by atoms with Crippen molar-refractivity contribution in [2.75, 3.05) is 33.4 Å². The van der Waals surface area contributed by atoms with E-state index in [2.05, 4.69) is 20.9 Å². The standard InChI is InChI=1S/C14H23N3O3/c1-16-5-3-4-12(16)7-17-6-11(9-18)13(8-17)15-14(19)10-20-2/h3-5,11,13,18H,6-10H2,1-2H3,(H,15,19)/t11-,13+/m0/s1. The summed E-state index contributed by atoms with van der Waals surface area (Å²) in [6, 6.07) is 4.10. The minimum Gasteiger partial charge on any atom is -0.396 e. The van der Waals surface area contributed by atoms with Crippen LogP contribution in [0.5, 0.6) is 0 Å². The number of likely N-dealkylation sites (tertiary alicyclic amines) is 1. The third-order valence-corrected chi connectivity index (χ3v) is 3.81. The fourth-order valence-corrected chi connectivity index (χ4v) is 2.71. The van der Waals surface area contributed by atoms with Crippen molar-refractivity contribution in [1.29, 1.82) is 0 Å². The van der Waals surface area contributed by atoms with Crippen molar-refractivity contribution in [3.63, 3.8) is 0 Å². The molecule has 1 aromatic rings. The molecule has 1 aliphatic heterocycles. The number of nitrogens with one attached hydrogen (secondary N) is 1. The molecule has 0 aliphatic carbocycles. The number of nitrogens with zero attached hydrogens (tertiary/aromatic N) is 2. The first-order valence-corrected chi connectivity index (χ1v) is 6.85. The van der Waals surface area contributed by atoms with Crippen LogP contribution < -0.4 is 5.32 Å². The van der Waals surface area contributed by atoms with Crippen LogP contribution in [0.1, 0.15) is 5.69 Å². The van der Waals surface area contributed by atoms with Gasteiger partial charge in [-0.2, -0.15) is 0 Å². The summed E-state index contributed by atoms with van der Waals surface area (Å²) in [5.74, 6) is -0.0484. The minimum atomic E-state index is -0.128. The normalized spacial score (nSPS) is 23.1. The highest BCUT2D eigenvalue weighted by atomic mass is 16.5. The van der Waals surface area contributed by atoms with Crippen LogP contribution in [0.3, 0.4) is 0 Å². The van der Waals surface area contributed by atoms with Gasteiger partial charge in [-0.25, -0.2) is 0 Å². The molecule has 1 amide bonds. The van der Waals surface area contributed by atoms with Crippen molar-refractivity contribution in [1.82, 2.24) is 14.8 Å². The molecular weight excluding hydrogens is 258 g/mol. The Morgan fingerprint density at radius 3 is 2.95 bits per heavy atom. The lowest BCUT2D eigenvalue weighted by atomic mass is 10.1. The molecule has 1 aromatic heterocycles. The largest absolute Gasteiger partial charge is 0.396 e. The smallest absolute Gasteiger partial charge is 0.246 e. The van der Waals surface area contributed by atoms with E-state index >= 15 is 0 Å². The van der Waals surface area contributed by atoms with Gasteiger partial charge in [0.2, 0.25) is 5.91 Å². The maximum absolute atomic E-state index is 11.6. The van der Waals surface area contributed by atoms with Gasteiger partial charge in [0, 0.05) is 64.2 Å².